The van der Waals surface area contributed by atoms with Crippen LogP contribution in [0.4, 0.5) is 0 Å². The number of hydrogen-bond acceptors (Lipinski definition) is 5. The number of likely N-dealkylation sites (tertiary alicyclic amines) is 1. The van der Waals surface area contributed by atoms with Gasteiger partial charge in [0.05, 0.1) is 25.9 Å². The smallest absolute Gasteiger partial charge is 0.326 e. The third-order valence-electron chi connectivity index (χ3n) is 5.54. The minimum atomic E-state index is -1.05. The van der Waals surface area contributed by atoms with Gasteiger partial charge in [-0.3, -0.25) is 9.59 Å². The highest BCUT2D eigenvalue weighted by Crippen LogP contribution is 2.35. The van der Waals surface area contributed by atoms with Crippen LogP contribution in [-0.4, -0.2) is 75.8 Å². The number of carboxylic acids is 1. The molecule has 0 aliphatic carbocycles. The lowest BCUT2D eigenvalue weighted by molar-refractivity contribution is -0.776. The lowest BCUT2D eigenvalue weighted by atomic mass is 10.2. The Morgan fingerprint density at radius 3 is 2.44 bits per heavy atom. The first-order valence-corrected chi connectivity index (χ1v) is 8.62. The molecular weight excluding hydrogens is 330 g/mol. The van der Waals surface area contributed by atoms with Crippen molar-refractivity contribution < 1.29 is 33.6 Å². The standard InChI is InChI=1S/C16H21N3O6/c20-12(18-7-1-3-10(18)16(24)25)9-17-15(23)11-4-2-8-19(11)13(21)5-6-14(19)22/h10-11H,1-9H2,(H-,17,23,24,25)/p+1/t10-,11-/m0/s1. The molecule has 3 aliphatic heterocycles. The molecule has 25 heavy (non-hydrogen) atoms. The second-order valence-electron chi connectivity index (χ2n) is 6.84. The number of carbonyl (C=O) groups excluding carboxylic acids is 4. The molecule has 2 atom stereocenters. The minimum Gasteiger partial charge on any atom is -0.480 e. The molecular formula is C16H22N3O6+. The van der Waals surface area contributed by atoms with Crippen molar-refractivity contribution in [2.24, 2.45) is 0 Å². The zero-order valence-corrected chi connectivity index (χ0v) is 13.9. The fraction of sp³-hybridized carbons (Fsp3) is 0.688. The average Bonchev–Trinajstić information content (AvgIpc) is 3.28. The molecule has 3 rings (SSSR count). The summed E-state index contributed by atoms with van der Waals surface area (Å²) in [5.74, 6) is -2.44. The number of imide groups is 1. The van der Waals surface area contributed by atoms with Gasteiger partial charge in [0.2, 0.25) is 5.91 Å². The lowest BCUT2D eigenvalue weighted by Gasteiger charge is -2.29. The average molecular weight is 352 g/mol. The molecule has 136 valence electrons. The van der Waals surface area contributed by atoms with E-state index in [1.54, 1.807) is 0 Å². The van der Waals surface area contributed by atoms with Crippen molar-refractivity contribution in [3.05, 3.63) is 0 Å². The van der Waals surface area contributed by atoms with Gasteiger partial charge in [0, 0.05) is 19.4 Å². The second kappa shape index (κ2) is 6.55. The zero-order chi connectivity index (χ0) is 18.2. The number of amides is 4. The van der Waals surface area contributed by atoms with Gasteiger partial charge in [-0.1, -0.05) is 0 Å². The maximum absolute atomic E-state index is 12.5. The molecule has 4 amide bonds. The predicted molar refractivity (Wildman–Crippen MR) is 82.8 cm³/mol. The number of quaternary nitrogens is 1. The number of nitrogens with zero attached hydrogens (tertiary/aromatic N) is 2. The monoisotopic (exact) mass is 352 g/mol. The molecule has 3 aliphatic rings. The van der Waals surface area contributed by atoms with Gasteiger partial charge in [0.15, 0.2) is 6.04 Å². The van der Waals surface area contributed by atoms with Crippen molar-refractivity contribution in [1.29, 1.82) is 0 Å². The SMILES string of the molecule is O=C(O)[C@@H]1CCCN1C(=O)CNC(=O)[C@@H]1CCC[N+]12C(=O)CCC2=O. The largest absolute Gasteiger partial charge is 0.480 e. The highest BCUT2D eigenvalue weighted by molar-refractivity contribution is 5.97. The summed E-state index contributed by atoms with van der Waals surface area (Å²) >= 11 is 0. The summed E-state index contributed by atoms with van der Waals surface area (Å²) in [6.45, 7) is 0.379. The number of hydrogen-bond donors (Lipinski definition) is 2. The van der Waals surface area contributed by atoms with Crippen LogP contribution in [-0.2, 0) is 24.0 Å². The summed E-state index contributed by atoms with van der Waals surface area (Å²) in [6, 6.07) is -1.62. The molecule has 9 heteroatoms. The second-order valence-corrected chi connectivity index (χ2v) is 6.84. The highest BCUT2D eigenvalue weighted by atomic mass is 16.4. The van der Waals surface area contributed by atoms with Gasteiger partial charge >= 0.3 is 17.8 Å². The number of carbonyl (C=O) groups is 5. The molecule has 0 aromatic heterocycles. The van der Waals surface area contributed by atoms with E-state index in [-0.39, 0.29) is 31.2 Å². The molecule has 3 fully saturated rings. The van der Waals surface area contributed by atoms with Crippen LogP contribution in [0.5, 0.6) is 0 Å². The molecule has 0 radical (unpaired) electrons. The van der Waals surface area contributed by atoms with E-state index in [1.165, 1.54) is 4.90 Å². The van der Waals surface area contributed by atoms with Crippen molar-refractivity contribution in [3.63, 3.8) is 0 Å². The van der Waals surface area contributed by atoms with E-state index >= 15 is 0 Å². The predicted octanol–water partition coefficient (Wildman–Crippen LogP) is -0.996. The third kappa shape index (κ3) is 2.82. The first-order valence-electron chi connectivity index (χ1n) is 8.62. The summed E-state index contributed by atoms with van der Waals surface area (Å²) < 4.78 is -0.415. The maximum atomic E-state index is 12.5. The van der Waals surface area contributed by atoms with Crippen LogP contribution >= 0.6 is 0 Å². The first kappa shape index (κ1) is 17.5. The quantitative estimate of drug-likeness (QED) is 0.495. The van der Waals surface area contributed by atoms with Crippen molar-refractivity contribution in [2.45, 2.75) is 50.6 Å². The Morgan fingerprint density at radius 2 is 1.80 bits per heavy atom. The van der Waals surface area contributed by atoms with E-state index in [9.17, 15) is 24.0 Å². The van der Waals surface area contributed by atoms with Crippen LogP contribution < -0.4 is 5.32 Å². The topological polar surface area (TPSA) is 121 Å². The number of rotatable bonds is 4. The number of aliphatic carboxylic acids is 1. The normalized spacial score (nSPS) is 27.9. The van der Waals surface area contributed by atoms with E-state index in [1.807, 2.05) is 0 Å². The zero-order valence-electron chi connectivity index (χ0n) is 13.9. The van der Waals surface area contributed by atoms with Crippen LogP contribution in [0.25, 0.3) is 0 Å². The summed E-state index contributed by atoms with van der Waals surface area (Å²) in [5, 5.41) is 11.6. The maximum Gasteiger partial charge on any atom is 0.326 e. The molecule has 0 bridgehead atoms. The molecule has 0 aromatic carbocycles. The van der Waals surface area contributed by atoms with Crippen molar-refractivity contribution in [3.8, 4) is 0 Å². The molecule has 0 aromatic rings. The Kier molecular flexibility index (Phi) is 4.59. The molecule has 3 saturated heterocycles. The third-order valence-corrected chi connectivity index (χ3v) is 5.54. The van der Waals surface area contributed by atoms with Gasteiger partial charge < -0.3 is 15.3 Å². The molecule has 0 unspecified atom stereocenters. The summed E-state index contributed by atoms with van der Waals surface area (Å²) in [7, 11) is 0. The van der Waals surface area contributed by atoms with Gasteiger partial charge in [-0.2, -0.15) is 4.48 Å². The van der Waals surface area contributed by atoms with Crippen molar-refractivity contribution in [1.82, 2.24) is 10.2 Å². The Morgan fingerprint density at radius 1 is 1.12 bits per heavy atom. The Hall–Kier alpha value is -2.29. The van der Waals surface area contributed by atoms with E-state index < -0.39 is 34.4 Å². The molecule has 3 heterocycles. The van der Waals surface area contributed by atoms with Crippen LogP contribution in [0.1, 0.15) is 38.5 Å². The van der Waals surface area contributed by atoms with Gasteiger partial charge in [-0.15, -0.1) is 0 Å². The van der Waals surface area contributed by atoms with Crippen LogP contribution in [0.2, 0.25) is 0 Å². The van der Waals surface area contributed by atoms with Crippen molar-refractivity contribution >= 4 is 29.6 Å². The summed E-state index contributed by atoms with van der Waals surface area (Å²) in [4.78, 5) is 61.6. The van der Waals surface area contributed by atoms with Crippen LogP contribution in [0.3, 0.4) is 0 Å². The van der Waals surface area contributed by atoms with Gasteiger partial charge in [-0.05, 0) is 12.8 Å². The van der Waals surface area contributed by atoms with Crippen molar-refractivity contribution in [2.75, 3.05) is 19.6 Å². The molecule has 9 nitrogen and oxygen atoms in total. The Bertz CT molecular complexity index is 630. The van der Waals surface area contributed by atoms with E-state index in [0.717, 1.165) is 0 Å². The highest BCUT2D eigenvalue weighted by Gasteiger charge is 2.59. The van der Waals surface area contributed by atoms with Crippen LogP contribution in [0, 0.1) is 0 Å². The molecule has 2 N–H and O–H groups in total. The summed E-state index contributed by atoms with van der Waals surface area (Å²) in [5.41, 5.74) is 0. The van der Waals surface area contributed by atoms with E-state index in [4.69, 9.17) is 5.11 Å². The Labute approximate surface area is 144 Å². The van der Waals surface area contributed by atoms with Gasteiger partial charge in [0.1, 0.15) is 6.04 Å². The summed E-state index contributed by atoms with van der Waals surface area (Å²) in [6.07, 6.45) is 2.38. The first-order chi connectivity index (χ1) is 11.9. The number of nitrogens with one attached hydrogen (secondary N) is 1. The lowest BCUT2D eigenvalue weighted by Crippen LogP contribution is -2.61. The van der Waals surface area contributed by atoms with E-state index in [2.05, 4.69) is 5.32 Å². The van der Waals surface area contributed by atoms with Crippen LogP contribution in [0.15, 0.2) is 0 Å². The fourth-order valence-electron chi connectivity index (χ4n) is 4.29. The minimum absolute atomic E-state index is 0.162. The van der Waals surface area contributed by atoms with Gasteiger partial charge in [0.25, 0.3) is 5.91 Å². The van der Waals surface area contributed by atoms with E-state index in [0.29, 0.717) is 38.8 Å². The molecule has 0 saturated carbocycles. The Balaban J connectivity index is 1.63. The van der Waals surface area contributed by atoms with Gasteiger partial charge in [-0.25, -0.2) is 14.4 Å². The number of carboxylic acid groups (broad SMARTS) is 1. The molecule has 1 spiro atoms. The fourth-order valence-corrected chi connectivity index (χ4v) is 4.29.